The van der Waals surface area contributed by atoms with Crippen molar-refractivity contribution in [1.82, 2.24) is 0 Å². The smallest absolute Gasteiger partial charge is 0.124 e. The molecule has 0 aliphatic heterocycles. The van der Waals surface area contributed by atoms with E-state index in [4.69, 9.17) is 4.74 Å². The highest BCUT2D eigenvalue weighted by atomic mass is 127. The average Bonchev–Trinajstić information content (AvgIpc) is 2.42. The molecule has 0 aromatic heterocycles. The molecule has 1 unspecified atom stereocenters. The summed E-state index contributed by atoms with van der Waals surface area (Å²) in [5.74, 6) is 0.955. The summed E-state index contributed by atoms with van der Waals surface area (Å²) in [5.41, 5.74) is 2.34. The molecule has 0 aliphatic carbocycles. The molecule has 2 nitrogen and oxygen atoms in total. The quantitative estimate of drug-likeness (QED) is 0.762. The van der Waals surface area contributed by atoms with Crippen molar-refractivity contribution in [1.29, 1.82) is 0 Å². The Hall–Kier alpha value is -1.23. The van der Waals surface area contributed by atoms with Crippen LogP contribution in [0, 0.1) is 3.57 Å². The van der Waals surface area contributed by atoms with Gasteiger partial charge in [0.15, 0.2) is 0 Å². The minimum Gasteiger partial charge on any atom is -0.494 e. The molecule has 0 spiro atoms. The van der Waals surface area contributed by atoms with E-state index in [2.05, 4.69) is 53.0 Å². The van der Waals surface area contributed by atoms with Gasteiger partial charge in [0.05, 0.1) is 12.6 Å². The van der Waals surface area contributed by atoms with E-state index in [1.54, 1.807) is 0 Å². The third-order valence-corrected chi connectivity index (χ3v) is 3.87. The van der Waals surface area contributed by atoms with Crippen LogP contribution in [0.3, 0.4) is 0 Å². The van der Waals surface area contributed by atoms with Crippen LogP contribution in [0.1, 0.15) is 25.5 Å². The standard InChI is InChI=1S/C16H18INO/c1-3-19-16-11-7-4-8-13(16)12(2)18-15-10-6-5-9-14(15)17/h4-12,18H,3H2,1-2H3. The first-order valence-electron chi connectivity index (χ1n) is 6.45. The lowest BCUT2D eigenvalue weighted by Gasteiger charge is -2.19. The van der Waals surface area contributed by atoms with Crippen molar-refractivity contribution in [3.63, 3.8) is 0 Å². The zero-order valence-corrected chi connectivity index (χ0v) is 13.3. The number of rotatable bonds is 5. The molecule has 0 aliphatic rings. The van der Waals surface area contributed by atoms with Gasteiger partial charge in [-0.2, -0.15) is 0 Å². The summed E-state index contributed by atoms with van der Waals surface area (Å²) < 4.78 is 6.91. The second-order valence-corrected chi connectivity index (χ2v) is 5.48. The number of anilines is 1. The van der Waals surface area contributed by atoms with Crippen molar-refractivity contribution in [3.05, 3.63) is 57.7 Å². The van der Waals surface area contributed by atoms with E-state index in [-0.39, 0.29) is 6.04 Å². The van der Waals surface area contributed by atoms with Gasteiger partial charge in [-0.25, -0.2) is 0 Å². The number of nitrogens with one attached hydrogen (secondary N) is 1. The normalized spacial score (nSPS) is 11.9. The molecule has 0 radical (unpaired) electrons. The van der Waals surface area contributed by atoms with E-state index in [1.807, 2.05) is 37.3 Å². The monoisotopic (exact) mass is 367 g/mol. The van der Waals surface area contributed by atoms with Crippen LogP contribution < -0.4 is 10.1 Å². The molecule has 0 heterocycles. The van der Waals surface area contributed by atoms with Crippen LogP contribution in [-0.4, -0.2) is 6.61 Å². The van der Waals surface area contributed by atoms with Crippen LogP contribution >= 0.6 is 22.6 Å². The summed E-state index contributed by atoms with van der Waals surface area (Å²) in [7, 11) is 0. The zero-order chi connectivity index (χ0) is 13.7. The molecule has 2 aromatic rings. The molecule has 0 bridgehead atoms. The molecule has 1 atom stereocenters. The predicted octanol–water partition coefficient (Wildman–Crippen LogP) is 4.86. The van der Waals surface area contributed by atoms with Gasteiger partial charge in [-0.1, -0.05) is 30.3 Å². The second-order valence-electron chi connectivity index (χ2n) is 4.32. The molecule has 0 amide bonds. The Morgan fingerprint density at radius 3 is 2.53 bits per heavy atom. The fourth-order valence-corrected chi connectivity index (χ4v) is 2.56. The van der Waals surface area contributed by atoms with Gasteiger partial charge in [0.1, 0.15) is 5.75 Å². The Labute approximate surface area is 128 Å². The molecule has 0 fully saturated rings. The summed E-state index contributed by atoms with van der Waals surface area (Å²) >= 11 is 2.34. The van der Waals surface area contributed by atoms with Crippen LogP contribution in [0.4, 0.5) is 5.69 Å². The second kappa shape index (κ2) is 6.80. The Morgan fingerprint density at radius 2 is 1.79 bits per heavy atom. The molecular formula is C16H18INO. The van der Waals surface area contributed by atoms with Crippen molar-refractivity contribution in [2.45, 2.75) is 19.9 Å². The van der Waals surface area contributed by atoms with Crippen molar-refractivity contribution in [2.75, 3.05) is 11.9 Å². The van der Waals surface area contributed by atoms with E-state index in [9.17, 15) is 0 Å². The summed E-state index contributed by atoms with van der Waals surface area (Å²) in [6.45, 7) is 4.85. The predicted molar refractivity (Wildman–Crippen MR) is 88.8 cm³/mol. The molecule has 3 heteroatoms. The van der Waals surface area contributed by atoms with Crippen molar-refractivity contribution in [2.24, 2.45) is 0 Å². The lowest BCUT2D eigenvalue weighted by molar-refractivity contribution is 0.335. The van der Waals surface area contributed by atoms with Gasteiger partial charge in [-0.15, -0.1) is 0 Å². The van der Waals surface area contributed by atoms with Crippen LogP contribution in [0.2, 0.25) is 0 Å². The van der Waals surface area contributed by atoms with Gasteiger partial charge in [0.25, 0.3) is 0 Å². The lowest BCUT2D eigenvalue weighted by Crippen LogP contribution is -2.09. The number of halogens is 1. The van der Waals surface area contributed by atoms with E-state index >= 15 is 0 Å². The zero-order valence-electron chi connectivity index (χ0n) is 11.2. The highest BCUT2D eigenvalue weighted by molar-refractivity contribution is 14.1. The SMILES string of the molecule is CCOc1ccccc1C(C)Nc1ccccc1I. The number of ether oxygens (including phenoxy) is 1. The molecule has 1 N–H and O–H groups in total. The molecule has 0 saturated heterocycles. The number of hydrogen-bond donors (Lipinski definition) is 1. The van der Waals surface area contributed by atoms with Gasteiger partial charge >= 0.3 is 0 Å². The van der Waals surface area contributed by atoms with Gasteiger partial charge < -0.3 is 10.1 Å². The highest BCUT2D eigenvalue weighted by Crippen LogP contribution is 2.29. The van der Waals surface area contributed by atoms with Gasteiger partial charge in [0, 0.05) is 14.8 Å². The van der Waals surface area contributed by atoms with Crippen molar-refractivity contribution >= 4 is 28.3 Å². The van der Waals surface area contributed by atoms with E-state index in [0.717, 1.165) is 11.4 Å². The molecule has 2 aromatic carbocycles. The first-order valence-corrected chi connectivity index (χ1v) is 7.53. The number of benzene rings is 2. The maximum Gasteiger partial charge on any atom is 0.124 e. The van der Waals surface area contributed by atoms with E-state index in [1.165, 1.54) is 9.13 Å². The first kappa shape index (κ1) is 14.2. The molecule has 0 saturated carbocycles. The number of hydrogen-bond acceptors (Lipinski definition) is 2. The fraction of sp³-hybridized carbons (Fsp3) is 0.250. The minimum absolute atomic E-state index is 0.207. The van der Waals surface area contributed by atoms with Crippen molar-refractivity contribution in [3.8, 4) is 5.75 Å². The van der Waals surface area contributed by atoms with Gasteiger partial charge in [-0.3, -0.25) is 0 Å². The molecular weight excluding hydrogens is 349 g/mol. The Balaban J connectivity index is 2.20. The topological polar surface area (TPSA) is 21.3 Å². The van der Waals surface area contributed by atoms with Crippen LogP contribution in [0.15, 0.2) is 48.5 Å². The largest absolute Gasteiger partial charge is 0.494 e. The summed E-state index contributed by atoms with van der Waals surface area (Å²) in [5, 5.41) is 3.54. The summed E-state index contributed by atoms with van der Waals surface area (Å²) in [6.07, 6.45) is 0. The summed E-state index contributed by atoms with van der Waals surface area (Å²) in [4.78, 5) is 0. The maximum atomic E-state index is 5.68. The molecule has 2 rings (SSSR count). The molecule has 100 valence electrons. The fourth-order valence-electron chi connectivity index (χ4n) is 2.01. The van der Waals surface area contributed by atoms with Gasteiger partial charge in [0.2, 0.25) is 0 Å². The maximum absolute atomic E-state index is 5.68. The molecule has 19 heavy (non-hydrogen) atoms. The van der Waals surface area contributed by atoms with Crippen LogP contribution in [0.5, 0.6) is 5.75 Å². The van der Waals surface area contributed by atoms with E-state index in [0.29, 0.717) is 6.61 Å². The first-order chi connectivity index (χ1) is 9.22. The van der Waals surface area contributed by atoms with Crippen molar-refractivity contribution < 1.29 is 4.74 Å². The third-order valence-electron chi connectivity index (χ3n) is 2.93. The highest BCUT2D eigenvalue weighted by Gasteiger charge is 2.11. The summed E-state index contributed by atoms with van der Waals surface area (Å²) in [6, 6.07) is 16.7. The Morgan fingerprint density at radius 1 is 1.11 bits per heavy atom. The van der Waals surface area contributed by atoms with E-state index < -0.39 is 0 Å². The van der Waals surface area contributed by atoms with Crippen LogP contribution in [-0.2, 0) is 0 Å². The average molecular weight is 367 g/mol. The lowest BCUT2D eigenvalue weighted by atomic mass is 10.1. The van der Waals surface area contributed by atoms with Crippen LogP contribution in [0.25, 0.3) is 0 Å². The number of para-hydroxylation sites is 2. The van der Waals surface area contributed by atoms with Gasteiger partial charge in [-0.05, 0) is 54.6 Å². The Kier molecular flexibility index (Phi) is 5.07. The Bertz CT molecular complexity index is 542. The minimum atomic E-state index is 0.207. The third kappa shape index (κ3) is 3.62.